The Morgan fingerprint density at radius 3 is 2.30 bits per heavy atom. The molecule has 3 rings (SSSR count). The van der Waals surface area contributed by atoms with E-state index in [0.29, 0.717) is 18.9 Å². The molecule has 3 N–H and O–H groups in total. The van der Waals surface area contributed by atoms with Gasteiger partial charge >= 0.3 is 14.4 Å². The van der Waals surface area contributed by atoms with Gasteiger partial charge in [-0.1, -0.05) is 11.3 Å². The van der Waals surface area contributed by atoms with Crippen molar-refractivity contribution in [2.24, 2.45) is 5.73 Å². The molecule has 1 heterocycles. The number of unbranched alkanes of at least 4 members (excludes halogenated alkanes) is 1. The number of hydrogen-bond donors (Lipinski definition) is 2. The molecule has 0 bridgehead atoms. The average molecular weight is 567 g/mol. The van der Waals surface area contributed by atoms with Crippen molar-refractivity contribution >= 4 is 19.6 Å². The zero-order valence-electron chi connectivity index (χ0n) is 19.3. The summed E-state index contributed by atoms with van der Waals surface area (Å²) in [6.07, 6.45) is -4.04. The van der Waals surface area contributed by atoms with Gasteiger partial charge in [0.1, 0.15) is 21.6 Å². The molecule has 0 aliphatic rings. The predicted molar refractivity (Wildman–Crippen MR) is 126 cm³/mol. The molecule has 8 nitrogen and oxygen atoms in total. The van der Waals surface area contributed by atoms with E-state index < -0.39 is 37.2 Å². The first-order valence-corrected chi connectivity index (χ1v) is 12.9. The van der Waals surface area contributed by atoms with Gasteiger partial charge < -0.3 is 24.6 Å². The van der Waals surface area contributed by atoms with Gasteiger partial charge in [-0.3, -0.25) is 4.57 Å². The third-order valence-electron chi connectivity index (χ3n) is 4.89. The van der Waals surface area contributed by atoms with Crippen LogP contribution in [0.3, 0.4) is 0 Å². The largest absolute Gasteiger partial charge is 0.493 e. The number of aromatic nitrogens is 2. The Balaban J connectivity index is 1.62. The van der Waals surface area contributed by atoms with E-state index in [9.17, 15) is 26.5 Å². The summed E-state index contributed by atoms with van der Waals surface area (Å²) < 4.78 is 93.6. The van der Waals surface area contributed by atoms with Crippen molar-refractivity contribution in [3.05, 3.63) is 58.6 Å². The molecule has 0 spiro atoms. The van der Waals surface area contributed by atoms with Gasteiger partial charge in [0.05, 0.1) is 30.9 Å². The molecule has 1 aromatic heterocycles. The lowest BCUT2D eigenvalue weighted by atomic mass is 10.1. The molecule has 0 amide bonds. The summed E-state index contributed by atoms with van der Waals surface area (Å²) in [5, 5.41) is 8.16. The van der Waals surface area contributed by atoms with E-state index in [-0.39, 0.29) is 46.9 Å². The van der Waals surface area contributed by atoms with Gasteiger partial charge in [0, 0.05) is 11.6 Å². The molecule has 37 heavy (non-hydrogen) atoms. The van der Waals surface area contributed by atoms with E-state index in [4.69, 9.17) is 20.1 Å². The van der Waals surface area contributed by atoms with Crippen LogP contribution >= 0.6 is 19.6 Å². The molecule has 0 aliphatic carbocycles. The molecule has 15 heteroatoms. The number of halogens is 5. The molecular weight excluding hydrogens is 544 g/mol. The van der Waals surface area contributed by atoms with Crippen LogP contribution in [0, 0.1) is 11.6 Å². The van der Waals surface area contributed by atoms with E-state index in [1.165, 1.54) is 19.1 Å². The molecular formula is C22H23F5N3O5PS. The lowest BCUT2D eigenvalue weighted by molar-refractivity contribution is -0.138. The summed E-state index contributed by atoms with van der Waals surface area (Å²) in [6.45, 7) is 1.17. The fourth-order valence-corrected chi connectivity index (χ4v) is 4.32. The highest BCUT2D eigenvalue weighted by Crippen LogP contribution is 2.40. The maximum absolute atomic E-state index is 13.7. The number of ether oxygens (including phenoxy) is 2. The van der Waals surface area contributed by atoms with E-state index >= 15 is 0 Å². The van der Waals surface area contributed by atoms with Gasteiger partial charge in [-0.15, -0.1) is 10.2 Å². The van der Waals surface area contributed by atoms with Crippen LogP contribution in [-0.2, 0) is 20.8 Å². The second-order valence-corrected chi connectivity index (χ2v) is 9.87. The molecule has 2 atom stereocenters. The van der Waals surface area contributed by atoms with Crippen LogP contribution in [0.2, 0.25) is 0 Å². The molecule has 0 saturated carbocycles. The van der Waals surface area contributed by atoms with E-state index in [1.54, 1.807) is 0 Å². The second-order valence-electron chi connectivity index (χ2n) is 8.07. The Labute approximate surface area is 213 Å². The monoisotopic (exact) mass is 567 g/mol. The van der Waals surface area contributed by atoms with Gasteiger partial charge in [0.2, 0.25) is 0 Å². The Morgan fingerprint density at radius 1 is 1.03 bits per heavy atom. The van der Waals surface area contributed by atoms with Crippen molar-refractivity contribution < 1.29 is 45.4 Å². The van der Waals surface area contributed by atoms with Crippen molar-refractivity contribution in [1.82, 2.24) is 10.2 Å². The standard InChI is InChI=1S/C22H23F5N3O5PS/c1-21(28,12-35-36(31)32)20-30-29-19(37-20)13-4-6-17(15(10-13)22(25,26)27)33-8-2-3-9-34-18-7-5-14(23)11-16(18)24/h4-7,10-11,36H,2-3,8-9,12,28H2,1H3,(H,31,32)/t21-/m0/s1. The molecule has 2 aromatic carbocycles. The summed E-state index contributed by atoms with van der Waals surface area (Å²) in [6, 6.07) is 6.35. The third kappa shape index (κ3) is 8.17. The molecule has 0 aliphatic heterocycles. The number of alkyl halides is 3. The number of hydrogen-bond acceptors (Lipinski definition) is 8. The quantitative estimate of drug-likeness (QED) is 0.172. The minimum atomic E-state index is -4.72. The summed E-state index contributed by atoms with van der Waals surface area (Å²) >= 11 is 0.927. The highest BCUT2D eigenvalue weighted by atomic mass is 32.1. The Bertz CT molecular complexity index is 1240. The summed E-state index contributed by atoms with van der Waals surface area (Å²) in [5.41, 5.74) is 3.89. The predicted octanol–water partition coefficient (Wildman–Crippen LogP) is 5.31. The fraction of sp³-hybridized carbons (Fsp3) is 0.364. The van der Waals surface area contributed by atoms with Crippen molar-refractivity contribution in [3.63, 3.8) is 0 Å². The van der Waals surface area contributed by atoms with Gasteiger partial charge in [0.25, 0.3) is 0 Å². The summed E-state index contributed by atoms with van der Waals surface area (Å²) in [7, 11) is -3.22. The molecule has 1 unspecified atom stereocenters. The van der Waals surface area contributed by atoms with Gasteiger partial charge in [-0.05, 0) is 50.1 Å². The average Bonchev–Trinajstić information content (AvgIpc) is 3.32. The number of benzene rings is 2. The topological polar surface area (TPSA) is 117 Å². The van der Waals surface area contributed by atoms with Crippen LogP contribution < -0.4 is 15.2 Å². The molecule has 202 valence electrons. The maximum atomic E-state index is 13.7. The van der Waals surface area contributed by atoms with Crippen molar-refractivity contribution in [2.75, 3.05) is 19.8 Å². The number of rotatable bonds is 12. The van der Waals surface area contributed by atoms with Gasteiger partial charge in [-0.2, -0.15) is 13.2 Å². The van der Waals surface area contributed by atoms with Crippen molar-refractivity contribution in [3.8, 4) is 22.1 Å². The lowest BCUT2D eigenvalue weighted by Crippen LogP contribution is -2.37. The minimum absolute atomic E-state index is 0.0554. The maximum Gasteiger partial charge on any atom is 0.419 e. The van der Waals surface area contributed by atoms with Crippen LogP contribution in [0.5, 0.6) is 11.5 Å². The van der Waals surface area contributed by atoms with Gasteiger partial charge in [0.15, 0.2) is 11.6 Å². The van der Waals surface area contributed by atoms with Crippen LogP contribution in [-0.4, -0.2) is 34.9 Å². The van der Waals surface area contributed by atoms with E-state index in [2.05, 4.69) is 14.7 Å². The third-order valence-corrected chi connectivity index (χ3v) is 6.53. The normalized spacial score (nSPS) is 14.3. The van der Waals surface area contributed by atoms with Crippen LogP contribution in [0.4, 0.5) is 22.0 Å². The van der Waals surface area contributed by atoms with Crippen molar-refractivity contribution in [2.45, 2.75) is 31.5 Å². The first-order chi connectivity index (χ1) is 17.4. The number of nitrogens with zero attached hydrogens (tertiary/aromatic N) is 2. The fourth-order valence-electron chi connectivity index (χ4n) is 3.02. The highest BCUT2D eigenvalue weighted by molar-refractivity contribution is 7.32. The Morgan fingerprint density at radius 2 is 1.68 bits per heavy atom. The number of nitrogens with two attached hydrogens (primary N) is 1. The van der Waals surface area contributed by atoms with Crippen molar-refractivity contribution in [1.29, 1.82) is 0 Å². The molecule has 3 aromatic rings. The van der Waals surface area contributed by atoms with Crippen LogP contribution in [0.1, 0.15) is 30.3 Å². The smallest absolute Gasteiger partial charge is 0.419 e. The van der Waals surface area contributed by atoms with E-state index in [0.717, 1.165) is 29.5 Å². The Hall–Kier alpha value is -2.64. The minimum Gasteiger partial charge on any atom is -0.493 e. The zero-order valence-corrected chi connectivity index (χ0v) is 21.2. The Kier molecular flexibility index (Phi) is 9.59. The second kappa shape index (κ2) is 12.3. The first-order valence-electron chi connectivity index (χ1n) is 10.8. The lowest BCUT2D eigenvalue weighted by Gasteiger charge is -2.19. The first kappa shape index (κ1) is 28.9. The molecule has 0 radical (unpaired) electrons. The zero-order chi connectivity index (χ0) is 27.2. The highest BCUT2D eigenvalue weighted by Gasteiger charge is 2.35. The summed E-state index contributed by atoms with van der Waals surface area (Å²) in [5.74, 6) is -2.08. The summed E-state index contributed by atoms with van der Waals surface area (Å²) in [4.78, 5) is 8.83. The molecule has 0 fully saturated rings. The SMILES string of the molecule is C[C@](N)(CO[PH](=O)O)c1nnc(-c2ccc(OCCCCOc3ccc(F)cc3F)c(C(F)(F)F)c2)s1. The van der Waals surface area contributed by atoms with Crippen LogP contribution in [0.15, 0.2) is 36.4 Å². The van der Waals surface area contributed by atoms with Gasteiger partial charge in [-0.25, -0.2) is 8.78 Å². The molecule has 0 saturated heterocycles. The van der Waals surface area contributed by atoms with E-state index in [1.807, 2.05) is 0 Å². The van der Waals surface area contributed by atoms with Crippen LogP contribution in [0.25, 0.3) is 10.6 Å².